The first-order valence-electron chi connectivity index (χ1n) is 8.49. The molecule has 0 spiro atoms. The Kier molecular flexibility index (Phi) is 7.31. The Morgan fingerprint density at radius 2 is 1.19 bits per heavy atom. The van der Waals surface area contributed by atoms with Gasteiger partial charge in [0.25, 0.3) is 5.60 Å². The highest BCUT2D eigenvalue weighted by atomic mass is 19.4. The van der Waals surface area contributed by atoms with Crippen LogP contribution in [0.5, 0.6) is 0 Å². The third-order valence-electron chi connectivity index (χ3n) is 5.35. The van der Waals surface area contributed by atoms with Gasteiger partial charge in [0, 0.05) is 11.8 Å². The Hall–Kier alpha value is -1.71. The molecule has 1 fully saturated rings. The van der Waals surface area contributed by atoms with E-state index in [-0.39, 0.29) is 6.92 Å². The second-order valence-corrected chi connectivity index (χ2v) is 7.51. The van der Waals surface area contributed by atoms with Crippen LogP contribution in [0, 0.1) is 11.8 Å². The molecule has 1 rings (SSSR count). The first-order chi connectivity index (χ1) is 13.9. The molecule has 4 atom stereocenters. The zero-order valence-corrected chi connectivity index (χ0v) is 15.8. The smallest absolute Gasteiger partial charge is 0.426 e. The van der Waals surface area contributed by atoms with E-state index < -0.39 is 84.7 Å². The average molecular weight is 500 g/mol. The molecule has 0 aromatic carbocycles. The highest BCUT2D eigenvalue weighted by Crippen LogP contribution is 2.55. The molecule has 32 heavy (non-hydrogen) atoms. The van der Waals surface area contributed by atoms with Crippen LogP contribution >= 0.6 is 0 Å². The number of alkyl halides is 12. The van der Waals surface area contributed by atoms with E-state index in [0.717, 1.165) is 0 Å². The van der Waals surface area contributed by atoms with Gasteiger partial charge in [0.1, 0.15) is 11.7 Å². The van der Waals surface area contributed by atoms with Crippen LogP contribution in [0.4, 0.5) is 52.7 Å². The normalized spacial score (nSPS) is 25.8. The van der Waals surface area contributed by atoms with E-state index in [1.165, 1.54) is 0 Å². The third-order valence-corrected chi connectivity index (χ3v) is 5.35. The molecule has 1 saturated carbocycles. The van der Waals surface area contributed by atoms with Gasteiger partial charge in [-0.1, -0.05) is 6.58 Å². The van der Waals surface area contributed by atoms with Crippen molar-refractivity contribution in [2.45, 2.75) is 68.2 Å². The van der Waals surface area contributed by atoms with Crippen molar-refractivity contribution >= 4 is 5.97 Å². The van der Waals surface area contributed by atoms with Crippen molar-refractivity contribution in [2.24, 2.45) is 11.8 Å². The molecule has 0 aromatic heterocycles. The standard InChI is InChI=1S/C16H16F12O4/c1-6(13(17,18)19)10(29)32-9-4-7(11(2,30)14(20,21)22)3-8(5-9)12(31,15(23,24)25)16(26,27)28/h7-9,30-31H,1,3-5H2,2H3. The summed E-state index contributed by atoms with van der Waals surface area (Å²) in [7, 11) is 0. The van der Waals surface area contributed by atoms with Gasteiger partial charge in [0.2, 0.25) is 0 Å². The molecule has 0 aliphatic heterocycles. The summed E-state index contributed by atoms with van der Waals surface area (Å²) in [6.07, 6.45) is -30.9. The minimum absolute atomic E-state index is 0.0216. The lowest BCUT2D eigenvalue weighted by Gasteiger charge is -2.47. The molecule has 0 aromatic rings. The van der Waals surface area contributed by atoms with Gasteiger partial charge in [-0.15, -0.1) is 0 Å². The lowest BCUT2D eigenvalue weighted by Crippen LogP contribution is -2.64. The zero-order valence-electron chi connectivity index (χ0n) is 15.8. The van der Waals surface area contributed by atoms with E-state index in [2.05, 4.69) is 11.3 Å². The van der Waals surface area contributed by atoms with Crippen LogP contribution in [-0.2, 0) is 9.53 Å². The highest BCUT2D eigenvalue weighted by Gasteiger charge is 2.75. The summed E-state index contributed by atoms with van der Waals surface area (Å²) in [6.45, 7) is 2.33. The van der Waals surface area contributed by atoms with Gasteiger partial charge in [-0.25, -0.2) is 4.79 Å². The molecule has 2 N–H and O–H groups in total. The Morgan fingerprint density at radius 3 is 1.53 bits per heavy atom. The first-order valence-corrected chi connectivity index (χ1v) is 8.49. The summed E-state index contributed by atoms with van der Waals surface area (Å²) in [4.78, 5) is 11.5. The number of carbonyl (C=O) groups excluding carboxylic acids is 1. The molecule has 1 aliphatic rings. The molecular weight excluding hydrogens is 484 g/mol. The second-order valence-electron chi connectivity index (χ2n) is 7.51. The third kappa shape index (κ3) is 5.26. The highest BCUT2D eigenvalue weighted by molar-refractivity contribution is 5.89. The molecule has 0 saturated heterocycles. The summed E-state index contributed by atoms with van der Waals surface area (Å²) < 4.78 is 160. The summed E-state index contributed by atoms with van der Waals surface area (Å²) in [5.74, 6) is -8.03. The quantitative estimate of drug-likeness (QED) is 0.337. The molecule has 4 nitrogen and oxygen atoms in total. The number of hydrogen-bond acceptors (Lipinski definition) is 4. The number of halogens is 12. The van der Waals surface area contributed by atoms with Gasteiger partial charge in [0.15, 0.2) is 5.60 Å². The first kappa shape index (κ1) is 28.3. The van der Waals surface area contributed by atoms with E-state index in [0.29, 0.717) is 0 Å². The molecule has 0 radical (unpaired) electrons. The summed E-state index contributed by atoms with van der Waals surface area (Å²) in [6, 6.07) is 0. The van der Waals surface area contributed by atoms with Crippen LogP contribution in [0.25, 0.3) is 0 Å². The van der Waals surface area contributed by atoms with Crippen LogP contribution in [0.2, 0.25) is 0 Å². The van der Waals surface area contributed by atoms with Crippen molar-refractivity contribution < 1.29 is 72.4 Å². The Bertz CT molecular complexity index is 702. The molecule has 0 heterocycles. The fraction of sp³-hybridized carbons (Fsp3) is 0.812. The largest absolute Gasteiger partial charge is 0.459 e. The van der Waals surface area contributed by atoms with Crippen molar-refractivity contribution in [3.05, 3.63) is 12.2 Å². The molecule has 0 bridgehead atoms. The molecule has 1 aliphatic carbocycles. The number of esters is 1. The number of carbonyl (C=O) groups is 1. The number of aliphatic hydroxyl groups is 2. The van der Waals surface area contributed by atoms with E-state index >= 15 is 0 Å². The summed E-state index contributed by atoms with van der Waals surface area (Å²) in [5, 5.41) is 19.3. The lowest BCUT2D eigenvalue weighted by molar-refractivity contribution is -0.391. The van der Waals surface area contributed by atoms with Crippen molar-refractivity contribution in [1.29, 1.82) is 0 Å². The predicted molar refractivity (Wildman–Crippen MR) is 79.6 cm³/mol. The van der Waals surface area contributed by atoms with Gasteiger partial charge < -0.3 is 14.9 Å². The maximum atomic E-state index is 13.2. The Balaban J connectivity index is 3.47. The van der Waals surface area contributed by atoms with E-state index in [9.17, 15) is 67.7 Å². The van der Waals surface area contributed by atoms with E-state index in [1.807, 2.05) is 0 Å². The fourth-order valence-electron chi connectivity index (χ4n) is 3.36. The van der Waals surface area contributed by atoms with E-state index in [1.54, 1.807) is 0 Å². The summed E-state index contributed by atoms with van der Waals surface area (Å²) in [5.41, 5.74) is -11.8. The van der Waals surface area contributed by atoms with Gasteiger partial charge in [0.05, 0.1) is 0 Å². The zero-order chi connectivity index (χ0) is 25.7. The van der Waals surface area contributed by atoms with Crippen molar-refractivity contribution in [3.63, 3.8) is 0 Å². The molecular formula is C16H16F12O4. The van der Waals surface area contributed by atoms with Crippen molar-refractivity contribution in [1.82, 2.24) is 0 Å². The van der Waals surface area contributed by atoms with Crippen LogP contribution in [0.15, 0.2) is 12.2 Å². The van der Waals surface area contributed by atoms with Gasteiger partial charge >= 0.3 is 30.7 Å². The van der Waals surface area contributed by atoms with Crippen LogP contribution in [0.1, 0.15) is 26.2 Å². The number of hydrogen-bond donors (Lipinski definition) is 2. The maximum absolute atomic E-state index is 13.2. The van der Waals surface area contributed by atoms with Gasteiger partial charge in [-0.05, 0) is 26.2 Å². The van der Waals surface area contributed by atoms with Crippen LogP contribution in [0.3, 0.4) is 0 Å². The average Bonchev–Trinajstić information content (AvgIpc) is 2.56. The minimum atomic E-state index is -6.48. The molecule has 188 valence electrons. The maximum Gasteiger partial charge on any atom is 0.426 e. The fourth-order valence-corrected chi connectivity index (χ4v) is 3.36. The summed E-state index contributed by atoms with van der Waals surface area (Å²) >= 11 is 0. The van der Waals surface area contributed by atoms with Gasteiger partial charge in [-0.2, -0.15) is 52.7 Å². The SMILES string of the molecule is C=C(C(=O)OC1CC(C(C)(O)C(F)(F)F)CC(C(O)(C(F)(F)F)C(F)(F)F)C1)C(F)(F)F. The van der Waals surface area contributed by atoms with Crippen molar-refractivity contribution in [2.75, 3.05) is 0 Å². The van der Waals surface area contributed by atoms with Crippen LogP contribution < -0.4 is 0 Å². The monoisotopic (exact) mass is 500 g/mol. The topological polar surface area (TPSA) is 66.8 Å². The molecule has 4 unspecified atom stereocenters. The molecule has 16 heteroatoms. The van der Waals surface area contributed by atoms with Crippen molar-refractivity contribution in [3.8, 4) is 0 Å². The Morgan fingerprint density at radius 1 is 0.781 bits per heavy atom. The van der Waals surface area contributed by atoms with E-state index in [4.69, 9.17) is 0 Å². The molecule has 0 amide bonds. The Labute approximate surface area is 171 Å². The van der Waals surface area contributed by atoms with Gasteiger partial charge in [-0.3, -0.25) is 0 Å². The predicted octanol–water partition coefficient (Wildman–Crippen LogP) is 4.60. The van der Waals surface area contributed by atoms with Crippen LogP contribution in [-0.4, -0.2) is 58.2 Å². The number of rotatable bonds is 4. The number of ether oxygens (including phenoxy) is 1. The minimum Gasteiger partial charge on any atom is -0.459 e. The lowest BCUT2D eigenvalue weighted by atomic mass is 9.66. The second kappa shape index (κ2) is 8.25.